The first-order chi connectivity index (χ1) is 10.9. The Morgan fingerprint density at radius 1 is 1.17 bits per heavy atom. The number of hydrogen-bond acceptors (Lipinski definition) is 5. The van der Waals surface area contributed by atoms with E-state index in [9.17, 15) is 4.79 Å². The van der Waals surface area contributed by atoms with Gasteiger partial charge in [-0.25, -0.2) is 15.4 Å². The van der Waals surface area contributed by atoms with E-state index in [1.807, 2.05) is 45.9 Å². The van der Waals surface area contributed by atoms with Crippen LogP contribution in [0.25, 0.3) is 0 Å². The van der Waals surface area contributed by atoms with Crippen LogP contribution >= 0.6 is 11.8 Å². The molecule has 0 unspecified atom stereocenters. The highest BCUT2D eigenvalue weighted by Gasteiger charge is 2.05. The SMILES string of the molecule is Cc1ccc(/C=N/NC(=O)CSc2nc(C)cc(C)n2)c(C)c1. The van der Waals surface area contributed by atoms with E-state index in [0.717, 1.165) is 22.5 Å². The van der Waals surface area contributed by atoms with Gasteiger partial charge in [-0.15, -0.1) is 0 Å². The lowest BCUT2D eigenvalue weighted by atomic mass is 10.1. The monoisotopic (exact) mass is 328 g/mol. The Balaban J connectivity index is 1.86. The highest BCUT2D eigenvalue weighted by Crippen LogP contribution is 2.13. The van der Waals surface area contributed by atoms with Crippen LogP contribution < -0.4 is 5.43 Å². The quantitative estimate of drug-likeness (QED) is 0.396. The van der Waals surface area contributed by atoms with Crippen molar-refractivity contribution in [3.8, 4) is 0 Å². The molecule has 1 N–H and O–H groups in total. The van der Waals surface area contributed by atoms with Crippen LogP contribution in [0, 0.1) is 27.7 Å². The number of carbonyl (C=O) groups excluding carboxylic acids is 1. The van der Waals surface area contributed by atoms with Gasteiger partial charge in [0, 0.05) is 11.4 Å². The number of amides is 1. The number of hydrogen-bond donors (Lipinski definition) is 1. The molecule has 0 spiro atoms. The van der Waals surface area contributed by atoms with E-state index < -0.39 is 0 Å². The summed E-state index contributed by atoms with van der Waals surface area (Å²) in [6.07, 6.45) is 1.66. The summed E-state index contributed by atoms with van der Waals surface area (Å²) in [5.41, 5.74) is 7.64. The molecule has 1 heterocycles. The summed E-state index contributed by atoms with van der Waals surface area (Å²) in [4.78, 5) is 20.4. The second kappa shape index (κ2) is 7.87. The predicted molar refractivity (Wildman–Crippen MR) is 93.9 cm³/mol. The van der Waals surface area contributed by atoms with Crippen molar-refractivity contribution in [1.29, 1.82) is 0 Å². The van der Waals surface area contributed by atoms with Gasteiger partial charge in [-0.05, 0) is 44.9 Å². The molecule has 0 aliphatic rings. The average molecular weight is 328 g/mol. The van der Waals surface area contributed by atoms with E-state index >= 15 is 0 Å². The topological polar surface area (TPSA) is 67.2 Å². The largest absolute Gasteiger partial charge is 0.272 e. The molecule has 5 nitrogen and oxygen atoms in total. The summed E-state index contributed by atoms with van der Waals surface area (Å²) in [7, 11) is 0. The number of carbonyl (C=O) groups is 1. The summed E-state index contributed by atoms with van der Waals surface area (Å²) in [5.74, 6) is 0.0476. The summed E-state index contributed by atoms with van der Waals surface area (Å²) in [6.45, 7) is 7.88. The average Bonchev–Trinajstić information content (AvgIpc) is 2.46. The fourth-order valence-electron chi connectivity index (χ4n) is 2.06. The van der Waals surface area contributed by atoms with Gasteiger partial charge in [0.2, 0.25) is 0 Å². The summed E-state index contributed by atoms with van der Waals surface area (Å²) < 4.78 is 0. The molecule has 0 saturated heterocycles. The van der Waals surface area contributed by atoms with Crippen molar-refractivity contribution in [2.24, 2.45) is 5.10 Å². The molecule has 1 amide bonds. The molecule has 0 fully saturated rings. The minimum absolute atomic E-state index is 0.182. The van der Waals surface area contributed by atoms with E-state index in [1.54, 1.807) is 6.21 Å². The number of rotatable bonds is 5. The summed E-state index contributed by atoms with van der Waals surface area (Å²) >= 11 is 1.30. The van der Waals surface area contributed by atoms with Crippen molar-refractivity contribution in [3.05, 3.63) is 52.3 Å². The lowest BCUT2D eigenvalue weighted by Gasteiger charge is -2.03. The standard InChI is InChI=1S/C17H20N4OS/c1-11-5-6-15(12(2)7-11)9-18-21-16(22)10-23-17-19-13(3)8-14(4)20-17/h5-9H,10H2,1-4H3,(H,21,22)/b18-9+. The Kier molecular flexibility index (Phi) is 5.87. The number of benzene rings is 1. The second-order valence-corrected chi connectivity index (χ2v) is 6.32. The number of aromatic nitrogens is 2. The first-order valence-corrected chi connectivity index (χ1v) is 8.27. The second-order valence-electron chi connectivity index (χ2n) is 5.38. The molecule has 1 aromatic heterocycles. The van der Waals surface area contributed by atoms with Crippen LogP contribution in [0.2, 0.25) is 0 Å². The Bertz CT molecular complexity index is 723. The van der Waals surface area contributed by atoms with Crippen molar-refractivity contribution in [1.82, 2.24) is 15.4 Å². The van der Waals surface area contributed by atoms with Crippen LogP contribution in [0.4, 0.5) is 0 Å². The van der Waals surface area contributed by atoms with Gasteiger partial charge in [0.1, 0.15) is 0 Å². The Morgan fingerprint density at radius 3 is 2.52 bits per heavy atom. The van der Waals surface area contributed by atoms with Gasteiger partial charge in [-0.3, -0.25) is 4.79 Å². The first kappa shape index (κ1) is 17.1. The zero-order valence-electron chi connectivity index (χ0n) is 13.8. The maximum absolute atomic E-state index is 11.8. The van der Waals surface area contributed by atoms with Crippen LogP contribution in [0.3, 0.4) is 0 Å². The van der Waals surface area contributed by atoms with E-state index in [2.05, 4.69) is 26.6 Å². The number of hydrazone groups is 1. The summed E-state index contributed by atoms with van der Waals surface area (Å²) in [5, 5.41) is 4.61. The molecular formula is C17H20N4OS. The number of nitrogens with one attached hydrogen (secondary N) is 1. The van der Waals surface area contributed by atoms with E-state index in [0.29, 0.717) is 5.16 Å². The van der Waals surface area contributed by atoms with Crippen LogP contribution in [0.1, 0.15) is 28.1 Å². The van der Waals surface area contributed by atoms with Crippen molar-refractivity contribution in [2.75, 3.05) is 5.75 Å². The third-order valence-corrected chi connectivity index (χ3v) is 3.96. The van der Waals surface area contributed by atoms with Gasteiger partial charge in [0.25, 0.3) is 5.91 Å². The molecule has 120 valence electrons. The molecule has 2 aromatic rings. The molecule has 0 bridgehead atoms. The van der Waals surface area contributed by atoms with Gasteiger partial charge < -0.3 is 0 Å². The molecule has 0 radical (unpaired) electrons. The molecule has 0 atom stereocenters. The maximum Gasteiger partial charge on any atom is 0.250 e. The van der Waals surface area contributed by atoms with Gasteiger partial charge in [-0.1, -0.05) is 35.5 Å². The molecule has 0 aliphatic carbocycles. The zero-order chi connectivity index (χ0) is 16.8. The van der Waals surface area contributed by atoms with Crippen molar-refractivity contribution in [2.45, 2.75) is 32.9 Å². The van der Waals surface area contributed by atoms with Crippen LogP contribution in [0.5, 0.6) is 0 Å². The Labute approximate surface area is 140 Å². The molecule has 6 heteroatoms. The van der Waals surface area contributed by atoms with Crippen molar-refractivity contribution < 1.29 is 4.79 Å². The maximum atomic E-state index is 11.8. The third-order valence-electron chi connectivity index (χ3n) is 3.11. The highest BCUT2D eigenvalue weighted by molar-refractivity contribution is 7.99. The minimum atomic E-state index is -0.182. The lowest BCUT2D eigenvalue weighted by Crippen LogP contribution is -2.20. The van der Waals surface area contributed by atoms with Gasteiger partial charge >= 0.3 is 0 Å². The van der Waals surface area contributed by atoms with Gasteiger partial charge in [0.15, 0.2) is 5.16 Å². The fraction of sp³-hybridized carbons (Fsp3) is 0.294. The van der Waals surface area contributed by atoms with Crippen molar-refractivity contribution >= 4 is 23.9 Å². The molecule has 0 aliphatic heterocycles. The van der Waals surface area contributed by atoms with Gasteiger partial charge in [-0.2, -0.15) is 5.10 Å². The number of thioether (sulfide) groups is 1. The minimum Gasteiger partial charge on any atom is -0.272 e. The molecule has 0 saturated carbocycles. The Hall–Kier alpha value is -2.21. The normalized spacial score (nSPS) is 11.0. The van der Waals surface area contributed by atoms with Crippen molar-refractivity contribution in [3.63, 3.8) is 0 Å². The van der Waals surface area contributed by atoms with E-state index in [4.69, 9.17) is 0 Å². The van der Waals surface area contributed by atoms with Crippen LogP contribution in [-0.4, -0.2) is 27.8 Å². The van der Waals surface area contributed by atoms with E-state index in [-0.39, 0.29) is 11.7 Å². The predicted octanol–water partition coefficient (Wildman–Crippen LogP) is 2.95. The summed E-state index contributed by atoms with van der Waals surface area (Å²) in [6, 6.07) is 7.98. The Morgan fingerprint density at radius 2 is 1.87 bits per heavy atom. The first-order valence-electron chi connectivity index (χ1n) is 7.28. The lowest BCUT2D eigenvalue weighted by molar-refractivity contribution is -0.118. The molecule has 23 heavy (non-hydrogen) atoms. The van der Waals surface area contributed by atoms with Crippen LogP contribution in [0.15, 0.2) is 34.5 Å². The molecular weight excluding hydrogens is 308 g/mol. The third kappa shape index (κ3) is 5.49. The zero-order valence-corrected chi connectivity index (χ0v) is 14.6. The highest BCUT2D eigenvalue weighted by atomic mass is 32.2. The smallest absolute Gasteiger partial charge is 0.250 e. The van der Waals surface area contributed by atoms with Gasteiger partial charge in [0.05, 0.1) is 12.0 Å². The molecule has 1 aromatic carbocycles. The fourth-order valence-corrected chi connectivity index (χ4v) is 2.81. The molecule has 2 rings (SSSR count). The van der Waals surface area contributed by atoms with E-state index in [1.165, 1.54) is 17.3 Å². The number of nitrogens with zero attached hydrogens (tertiary/aromatic N) is 3. The van der Waals surface area contributed by atoms with Crippen LogP contribution in [-0.2, 0) is 4.79 Å². The number of aryl methyl sites for hydroxylation is 4.